The molecule has 2 N–H and O–H groups in total. The van der Waals surface area contributed by atoms with Crippen LogP contribution < -0.4 is 15.5 Å². The largest absolute Gasteiger partial charge is 0.488 e. The monoisotopic (exact) mass is 471 g/mol. The Kier molecular flexibility index (Phi) is 7.20. The Bertz CT molecular complexity index is 1370. The predicted octanol–water partition coefficient (Wildman–Crippen LogP) is 5.79. The molecule has 4 rings (SSSR count). The van der Waals surface area contributed by atoms with Crippen molar-refractivity contribution in [2.45, 2.75) is 13.5 Å². The van der Waals surface area contributed by atoms with Crippen LogP contribution in [-0.4, -0.2) is 18.0 Å². The molecule has 34 heavy (non-hydrogen) atoms. The van der Waals surface area contributed by atoms with Crippen molar-refractivity contribution < 1.29 is 14.3 Å². The first-order valence-corrected chi connectivity index (χ1v) is 11.0. The molecule has 0 radical (unpaired) electrons. The van der Waals surface area contributed by atoms with Gasteiger partial charge in [0, 0.05) is 28.8 Å². The smallest absolute Gasteiger partial charge is 0.271 e. The van der Waals surface area contributed by atoms with Crippen molar-refractivity contribution in [1.82, 2.24) is 5.43 Å². The first-order chi connectivity index (χ1) is 16.5. The second-order valence-corrected chi connectivity index (χ2v) is 8.01. The van der Waals surface area contributed by atoms with E-state index in [0.717, 1.165) is 21.9 Å². The van der Waals surface area contributed by atoms with Gasteiger partial charge in [-0.2, -0.15) is 5.10 Å². The molecule has 4 aromatic carbocycles. The number of hydrazone groups is 1. The molecule has 0 bridgehead atoms. The van der Waals surface area contributed by atoms with Gasteiger partial charge in [-0.25, -0.2) is 5.43 Å². The lowest BCUT2D eigenvalue weighted by molar-refractivity contribution is -0.114. The minimum Gasteiger partial charge on any atom is -0.488 e. The van der Waals surface area contributed by atoms with Crippen LogP contribution in [0.4, 0.5) is 5.69 Å². The number of fused-ring (bicyclic) bond motifs is 1. The molecule has 0 fully saturated rings. The molecule has 4 aromatic rings. The highest BCUT2D eigenvalue weighted by molar-refractivity contribution is 6.30. The van der Waals surface area contributed by atoms with E-state index in [1.165, 1.54) is 6.92 Å². The number of carbonyl (C=O) groups is 2. The Balaban J connectivity index is 1.55. The first-order valence-electron chi connectivity index (χ1n) is 10.6. The summed E-state index contributed by atoms with van der Waals surface area (Å²) >= 11 is 5.97. The minimum absolute atomic E-state index is 0.210. The summed E-state index contributed by atoms with van der Waals surface area (Å²) < 4.78 is 6.08. The second kappa shape index (κ2) is 10.6. The van der Waals surface area contributed by atoms with E-state index in [9.17, 15) is 9.59 Å². The van der Waals surface area contributed by atoms with E-state index in [4.69, 9.17) is 16.3 Å². The topological polar surface area (TPSA) is 79.8 Å². The summed E-state index contributed by atoms with van der Waals surface area (Å²) in [7, 11) is 0. The highest BCUT2D eigenvalue weighted by atomic mass is 35.5. The summed E-state index contributed by atoms with van der Waals surface area (Å²) in [5.41, 5.74) is 5.19. The molecule has 0 heterocycles. The van der Waals surface area contributed by atoms with Gasteiger partial charge in [0.2, 0.25) is 5.91 Å². The maximum Gasteiger partial charge on any atom is 0.271 e. The van der Waals surface area contributed by atoms with Crippen molar-refractivity contribution in [2.24, 2.45) is 5.10 Å². The van der Waals surface area contributed by atoms with Crippen molar-refractivity contribution >= 4 is 46.1 Å². The van der Waals surface area contributed by atoms with Gasteiger partial charge in [-0.05, 0) is 52.7 Å². The number of carbonyl (C=O) groups excluding carboxylic acids is 2. The van der Waals surface area contributed by atoms with Gasteiger partial charge in [0.1, 0.15) is 12.4 Å². The van der Waals surface area contributed by atoms with Gasteiger partial charge < -0.3 is 10.1 Å². The SMILES string of the molecule is CC(=O)Nc1cccc(C(=O)N/N=C\c2c(OCc3ccc(Cl)cc3)ccc3ccccc23)c1. The zero-order valence-corrected chi connectivity index (χ0v) is 19.2. The molecule has 0 saturated heterocycles. The third-order valence-electron chi connectivity index (χ3n) is 5.04. The van der Waals surface area contributed by atoms with Crippen molar-refractivity contribution in [1.29, 1.82) is 0 Å². The van der Waals surface area contributed by atoms with Crippen LogP contribution in [0.2, 0.25) is 5.02 Å². The van der Waals surface area contributed by atoms with Gasteiger partial charge in [-0.15, -0.1) is 0 Å². The summed E-state index contributed by atoms with van der Waals surface area (Å²) in [6, 6.07) is 25.8. The number of nitrogens with zero attached hydrogens (tertiary/aromatic N) is 1. The van der Waals surface area contributed by atoms with Crippen LogP contribution in [0.1, 0.15) is 28.4 Å². The van der Waals surface area contributed by atoms with Crippen LogP contribution in [0.15, 0.2) is 90.0 Å². The summed E-state index contributed by atoms with van der Waals surface area (Å²) in [6.45, 7) is 1.77. The number of rotatable bonds is 7. The summed E-state index contributed by atoms with van der Waals surface area (Å²) in [5.74, 6) is 0.0318. The van der Waals surface area contributed by atoms with Crippen LogP contribution in [0.25, 0.3) is 10.8 Å². The lowest BCUT2D eigenvalue weighted by Crippen LogP contribution is -2.18. The molecular formula is C27H22ClN3O3. The molecule has 0 spiro atoms. The zero-order valence-electron chi connectivity index (χ0n) is 18.4. The predicted molar refractivity (Wildman–Crippen MR) is 136 cm³/mol. The quantitative estimate of drug-likeness (QED) is 0.264. The molecule has 0 aliphatic heterocycles. The van der Waals surface area contributed by atoms with Crippen LogP contribution in [0.3, 0.4) is 0 Å². The Hall–Kier alpha value is -4.16. The molecule has 170 valence electrons. The number of ether oxygens (including phenoxy) is 1. The Labute approximate surface area is 202 Å². The molecular weight excluding hydrogens is 450 g/mol. The molecule has 0 atom stereocenters. The highest BCUT2D eigenvalue weighted by Crippen LogP contribution is 2.27. The van der Waals surface area contributed by atoms with Gasteiger partial charge in [0.25, 0.3) is 5.91 Å². The van der Waals surface area contributed by atoms with E-state index in [2.05, 4.69) is 15.8 Å². The number of nitrogens with one attached hydrogen (secondary N) is 2. The second-order valence-electron chi connectivity index (χ2n) is 7.57. The Morgan fingerprint density at radius 2 is 1.76 bits per heavy atom. The van der Waals surface area contributed by atoms with Crippen LogP contribution in [0, 0.1) is 0 Å². The number of anilines is 1. The third kappa shape index (κ3) is 5.79. The molecule has 2 amide bonds. The van der Waals surface area contributed by atoms with Crippen molar-refractivity contribution in [2.75, 3.05) is 5.32 Å². The van der Waals surface area contributed by atoms with E-state index >= 15 is 0 Å². The third-order valence-corrected chi connectivity index (χ3v) is 5.30. The number of hydrogen-bond acceptors (Lipinski definition) is 4. The fraction of sp³-hybridized carbons (Fsp3) is 0.0741. The van der Waals surface area contributed by atoms with Crippen molar-refractivity contribution in [3.05, 3.63) is 107 Å². The summed E-state index contributed by atoms with van der Waals surface area (Å²) in [6.07, 6.45) is 1.58. The number of benzene rings is 4. The van der Waals surface area contributed by atoms with Crippen molar-refractivity contribution in [3.8, 4) is 5.75 Å². The molecule has 0 aliphatic carbocycles. The molecule has 0 aliphatic rings. The molecule has 0 saturated carbocycles. The Morgan fingerprint density at radius 3 is 2.56 bits per heavy atom. The van der Waals surface area contributed by atoms with Gasteiger partial charge in [0.15, 0.2) is 0 Å². The first kappa shape index (κ1) is 23.0. The van der Waals surface area contributed by atoms with E-state index < -0.39 is 5.91 Å². The molecule has 0 aromatic heterocycles. The van der Waals surface area contributed by atoms with Gasteiger partial charge in [-0.1, -0.05) is 60.1 Å². The maximum atomic E-state index is 12.6. The van der Waals surface area contributed by atoms with E-state index in [0.29, 0.717) is 28.6 Å². The molecule has 6 nitrogen and oxygen atoms in total. The average Bonchev–Trinajstić information content (AvgIpc) is 2.84. The van der Waals surface area contributed by atoms with Crippen LogP contribution in [-0.2, 0) is 11.4 Å². The number of amides is 2. The highest BCUT2D eigenvalue weighted by Gasteiger charge is 2.09. The number of halogens is 1. The van der Waals surface area contributed by atoms with Gasteiger partial charge >= 0.3 is 0 Å². The average molecular weight is 472 g/mol. The standard InChI is InChI=1S/C27H22ClN3O3/c1-18(32)30-23-7-4-6-21(15-23)27(33)31-29-16-25-24-8-3-2-5-20(24)11-14-26(25)34-17-19-9-12-22(28)13-10-19/h2-16H,17H2,1H3,(H,30,32)(H,31,33)/b29-16-. The lowest BCUT2D eigenvalue weighted by Gasteiger charge is -2.12. The minimum atomic E-state index is -0.396. The lowest BCUT2D eigenvalue weighted by atomic mass is 10.0. The van der Waals surface area contributed by atoms with E-state index in [1.54, 1.807) is 30.5 Å². The Morgan fingerprint density at radius 1 is 0.971 bits per heavy atom. The van der Waals surface area contributed by atoms with Crippen LogP contribution >= 0.6 is 11.6 Å². The number of hydrogen-bond donors (Lipinski definition) is 2. The maximum absolute atomic E-state index is 12.6. The van der Waals surface area contributed by atoms with Gasteiger partial charge in [0.05, 0.1) is 6.21 Å². The van der Waals surface area contributed by atoms with Gasteiger partial charge in [-0.3, -0.25) is 9.59 Å². The normalized spacial score (nSPS) is 10.9. The fourth-order valence-electron chi connectivity index (χ4n) is 3.44. The van der Waals surface area contributed by atoms with Crippen LogP contribution in [0.5, 0.6) is 5.75 Å². The molecule has 7 heteroatoms. The molecule has 0 unspecified atom stereocenters. The van der Waals surface area contributed by atoms with Crippen molar-refractivity contribution in [3.63, 3.8) is 0 Å². The zero-order chi connectivity index (χ0) is 23.9. The van der Waals surface area contributed by atoms with E-state index in [1.807, 2.05) is 60.7 Å². The fourth-order valence-corrected chi connectivity index (χ4v) is 3.56. The summed E-state index contributed by atoms with van der Waals surface area (Å²) in [4.78, 5) is 23.8. The van der Waals surface area contributed by atoms with E-state index in [-0.39, 0.29) is 5.91 Å². The summed E-state index contributed by atoms with van der Waals surface area (Å²) in [5, 5.41) is 9.47.